The van der Waals surface area contributed by atoms with Crippen LogP contribution in [0, 0.1) is 5.82 Å². The summed E-state index contributed by atoms with van der Waals surface area (Å²) in [5.74, 6) is -0.214. The molecule has 5 rings (SSSR count). The van der Waals surface area contributed by atoms with Gasteiger partial charge in [0.25, 0.3) is 5.91 Å². The molecule has 1 aliphatic rings. The minimum absolute atomic E-state index is 0.0260. The molecule has 0 bridgehead atoms. The molecule has 0 unspecified atom stereocenters. The highest BCUT2D eigenvalue weighted by molar-refractivity contribution is 6.24. The Bertz CT molecular complexity index is 1310. The fourth-order valence-corrected chi connectivity index (χ4v) is 4.61. The van der Waals surface area contributed by atoms with Gasteiger partial charge in [0.05, 0.1) is 6.20 Å². The summed E-state index contributed by atoms with van der Waals surface area (Å²) >= 11 is 5.58. The monoisotopic (exact) mass is 478 g/mol. The van der Waals surface area contributed by atoms with Gasteiger partial charge in [-0.1, -0.05) is 18.2 Å². The van der Waals surface area contributed by atoms with Gasteiger partial charge in [-0.3, -0.25) is 9.63 Å². The SMILES string of the molecule is O=C(N[C@H]1CCC[C@@H](Nc2ncc(F)c(-c3c[nH]c4ccccc34)n2)C1)c1ccc(NCl)cc1. The predicted octanol–water partition coefficient (Wildman–Crippen LogP) is 5.48. The van der Waals surface area contributed by atoms with Gasteiger partial charge in [0.2, 0.25) is 5.95 Å². The zero-order chi connectivity index (χ0) is 23.5. The second kappa shape index (κ2) is 9.69. The smallest absolute Gasteiger partial charge is 0.251 e. The van der Waals surface area contributed by atoms with Gasteiger partial charge in [0.1, 0.15) is 5.69 Å². The first kappa shape index (κ1) is 22.2. The van der Waals surface area contributed by atoms with E-state index in [1.807, 2.05) is 24.3 Å². The van der Waals surface area contributed by atoms with E-state index in [0.29, 0.717) is 17.1 Å². The molecular formula is C25H24ClFN6O. The van der Waals surface area contributed by atoms with Gasteiger partial charge in [-0.15, -0.1) is 0 Å². The Balaban J connectivity index is 1.27. The standard InChI is InChI=1S/C25H24ClFN6O/c26-33-16-10-8-15(9-11-16)24(34)30-17-4-3-5-18(12-17)31-25-29-14-21(27)23(32-25)20-13-28-22-7-2-1-6-19(20)22/h1-2,6-11,13-14,17-18,28,33H,3-5,12H2,(H,30,34)(H,29,31,32)/t17-,18+/m0/s1. The number of halogens is 2. The minimum atomic E-state index is -0.473. The number of nitrogens with one attached hydrogen (secondary N) is 4. The van der Waals surface area contributed by atoms with Crippen LogP contribution in [0.15, 0.2) is 60.9 Å². The molecular weight excluding hydrogens is 455 g/mol. The summed E-state index contributed by atoms with van der Waals surface area (Å²) in [5.41, 5.74) is 3.18. The van der Waals surface area contributed by atoms with Crippen molar-refractivity contribution in [1.29, 1.82) is 0 Å². The van der Waals surface area contributed by atoms with Gasteiger partial charge in [-0.05, 0) is 56.0 Å². The number of amides is 1. The first-order valence-electron chi connectivity index (χ1n) is 11.2. The van der Waals surface area contributed by atoms with Crippen molar-refractivity contribution < 1.29 is 9.18 Å². The third kappa shape index (κ3) is 4.68. The van der Waals surface area contributed by atoms with E-state index in [4.69, 9.17) is 11.8 Å². The van der Waals surface area contributed by atoms with Crippen LogP contribution in [-0.4, -0.2) is 32.9 Å². The molecule has 0 aliphatic heterocycles. The normalized spacial score (nSPS) is 17.9. The van der Waals surface area contributed by atoms with Gasteiger partial charge in [-0.25, -0.2) is 14.4 Å². The molecule has 2 heterocycles. The number of anilines is 2. The molecule has 4 N–H and O–H groups in total. The second-order valence-corrected chi connectivity index (χ2v) is 8.68. The van der Waals surface area contributed by atoms with Gasteiger partial charge in [0, 0.05) is 57.8 Å². The molecule has 34 heavy (non-hydrogen) atoms. The third-order valence-corrected chi connectivity index (χ3v) is 6.41. The summed E-state index contributed by atoms with van der Waals surface area (Å²) in [6.45, 7) is 0. The quantitative estimate of drug-likeness (QED) is 0.275. The molecule has 9 heteroatoms. The van der Waals surface area contributed by atoms with Crippen LogP contribution in [0.25, 0.3) is 22.2 Å². The van der Waals surface area contributed by atoms with Gasteiger partial charge in [-0.2, -0.15) is 0 Å². The molecule has 0 saturated heterocycles. The second-order valence-electron chi connectivity index (χ2n) is 8.49. The number of nitrogens with zero attached hydrogens (tertiary/aromatic N) is 2. The first-order chi connectivity index (χ1) is 16.6. The Morgan fingerprint density at radius 2 is 1.88 bits per heavy atom. The number of carbonyl (C=O) groups is 1. The molecule has 4 aromatic rings. The number of aromatic amines is 1. The number of benzene rings is 2. The minimum Gasteiger partial charge on any atom is -0.360 e. The van der Waals surface area contributed by atoms with E-state index < -0.39 is 5.82 Å². The molecule has 0 radical (unpaired) electrons. The summed E-state index contributed by atoms with van der Waals surface area (Å²) in [5, 5.41) is 7.36. The van der Waals surface area contributed by atoms with E-state index in [1.54, 1.807) is 30.5 Å². The number of aromatic nitrogens is 3. The van der Waals surface area contributed by atoms with Crippen LogP contribution in [0.5, 0.6) is 0 Å². The lowest BCUT2D eigenvalue weighted by atomic mass is 9.91. The van der Waals surface area contributed by atoms with Crippen molar-refractivity contribution in [2.24, 2.45) is 0 Å². The number of H-pyrrole nitrogens is 1. The van der Waals surface area contributed by atoms with E-state index in [1.165, 1.54) is 6.20 Å². The van der Waals surface area contributed by atoms with Crippen LogP contribution in [0.4, 0.5) is 16.0 Å². The molecule has 174 valence electrons. The number of carbonyl (C=O) groups excluding carboxylic acids is 1. The summed E-state index contributed by atoms with van der Waals surface area (Å²) in [4.78, 5) is 27.0. The summed E-state index contributed by atoms with van der Waals surface area (Å²) in [6.07, 6.45) is 6.47. The van der Waals surface area contributed by atoms with E-state index in [-0.39, 0.29) is 23.7 Å². The highest BCUT2D eigenvalue weighted by Crippen LogP contribution is 2.30. The first-order valence-corrected chi connectivity index (χ1v) is 11.6. The molecule has 2 aromatic carbocycles. The zero-order valence-corrected chi connectivity index (χ0v) is 19.1. The highest BCUT2D eigenvalue weighted by Gasteiger charge is 2.25. The maximum atomic E-state index is 14.6. The summed E-state index contributed by atoms with van der Waals surface area (Å²) < 4.78 is 14.6. The Morgan fingerprint density at radius 3 is 2.71 bits per heavy atom. The van der Waals surface area contributed by atoms with Crippen LogP contribution in [0.3, 0.4) is 0 Å². The maximum absolute atomic E-state index is 14.6. The van der Waals surface area contributed by atoms with E-state index in [9.17, 15) is 9.18 Å². The van der Waals surface area contributed by atoms with Crippen molar-refractivity contribution in [2.75, 3.05) is 10.2 Å². The Labute approximate surface area is 201 Å². The topological polar surface area (TPSA) is 94.7 Å². The summed E-state index contributed by atoms with van der Waals surface area (Å²) in [7, 11) is 0. The largest absolute Gasteiger partial charge is 0.360 e. The Morgan fingerprint density at radius 1 is 1.09 bits per heavy atom. The van der Waals surface area contributed by atoms with Crippen LogP contribution in [0.2, 0.25) is 0 Å². The average molecular weight is 479 g/mol. The number of rotatable bonds is 6. The van der Waals surface area contributed by atoms with E-state index in [2.05, 4.69) is 30.4 Å². The molecule has 1 saturated carbocycles. The Hall–Kier alpha value is -3.65. The summed E-state index contributed by atoms with van der Waals surface area (Å²) in [6, 6.07) is 14.8. The molecule has 0 spiro atoms. The van der Waals surface area contributed by atoms with Crippen molar-refractivity contribution in [1.82, 2.24) is 20.3 Å². The van der Waals surface area contributed by atoms with Crippen molar-refractivity contribution >= 4 is 40.2 Å². The average Bonchev–Trinajstić information content (AvgIpc) is 3.29. The van der Waals surface area contributed by atoms with Crippen LogP contribution < -0.4 is 15.5 Å². The maximum Gasteiger partial charge on any atom is 0.251 e. The molecule has 7 nitrogen and oxygen atoms in total. The number of fused-ring (bicyclic) bond motifs is 1. The lowest BCUT2D eigenvalue weighted by Crippen LogP contribution is -2.42. The number of hydrogen-bond donors (Lipinski definition) is 4. The molecule has 1 aliphatic carbocycles. The van der Waals surface area contributed by atoms with Crippen molar-refractivity contribution in [3.63, 3.8) is 0 Å². The molecule has 2 aromatic heterocycles. The van der Waals surface area contributed by atoms with E-state index in [0.717, 1.165) is 42.3 Å². The van der Waals surface area contributed by atoms with Crippen molar-refractivity contribution in [3.8, 4) is 11.3 Å². The lowest BCUT2D eigenvalue weighted by molar-refractivity contribution is 0.0926. The molecule has 2 atom stereocenters. The van der Waals surface area contributed by atoms with Crippen LogP contribution in [-0.2, 0) is 0 Å². The van der Waals surface area contributed by atoms with Gasteiger partial charge >= 0.3 is 0 Å². The van der Waals surface area contributed by atoms with Crippen molar-refractivity contribution in [3.05, 3.63) is 72.3 Å². The molecule has 1 amide bonds. The molecule has 1 fully saturated rings. The Kier molecular flexibility index (Phi) is 6.31. The number of hydrogen-bond acceptors (Lipinski definition) is 5. The fraction of sp³-hybridized carbons (Fsp3) is 0.240. The fourth-order valence-electron chi connectivity index (χ4n) is 4.48. The van der Waals surface area contributed by atoms with Crippen LogP contribution >= 0.6 is 11.8 Å². The number of para-hydroxylation sites is 1. The highest BCUT2D eigenvalue weighted by atomic mass is 35.5. The lowest BCUT2D eigenvalue weighted by Gasteiger charge is -2.30. The van der Waals surface area contributed by atoms with Crippen LogP contribution in [0.1, 0.15) is 36.0 Å². The zero-order valence-electron chi connectivity index (χ0n) is 18.3. The van der Waals surface area contributed by atoms with Crippen molar-refractivity contribution in [2.45, 2.75) is 37.8 Å². The predicted molar refractivity (Wildman–Crippen MR) is 132 cm³/mol. The van der Waals surface area contributed by atoms with Gasteiger partial charge < -0.3 is 15.6 Å². The van der Waals surface area contributed by atoms with Gasteiger partial charge in [0.15, 0.2) is 5.82 Å². The van der Waals surface area contributed by atoms with E-state index >= 15 is 0 Å². The third-order valence-electron chi connectivity index (χ3n) is 6.19.